The van der Waals surface area contributed by atoms with E-state index in [1.165, 1.54) is 0 Å². The van der Waals surface area contributed by atoms with Crippen LogP contribution in [0, 0.1) is 0 Å². The molecular formula is C19H22O5. The maximum Gasteiger partial charge on any atom is 0.163 e. The minimum absolute atomic E-state index is 0.0533. The highest BCUT2D eigenvalue weighted by molar-refractivity contribution is 5.96. The molecule has 0 radical (unpaired) electrons. The van der Waals surface area contributed by atoms with Crippen molar-refractivity contribution in [2.75, 3.05) is 28.4 Å². The summed E-state index contributed by atoms with van der Waals surface area (Å²) in [5.74, 6) is 2.72. The number of ketones is 1. The van der Waals surface area contributed by atoms with E-state index in [2.05, 4.69) is 0 Å². The maximum atomic E-state index is 12.4. The van der Waals surface area contributed by atoms with Gasteiger partial charge in [-0.3, -0.25) is 4.79 Å². The van der Waals surface area contributed by atoms with Gasteiger partial charge in [0.1, 0.15) is 23.0 Å². The van der Waals surface area contributed by atoms with E-state index in [1.807, 2.05) is 0 Å². The minimum atomic E-state index is 0.0533. The molecule has 0 saturated heterocycles. The second-order valence-corrected chi connectivity index (χ2v) is 5.16. The van der Waals surface area contributed by atoms with Gasteiger partial charge in [0.25, 0.3) is 0 Å². The molecule has 2 aromatic carbocycles. The average molecular weight is 330 g/mol. The van der Waals surface area contributed by atoms with E-state index in [4.69, 9.17) is 18.9 Å². The lowest BCUT2D eigenvalue weighted by Crippen LogP contribution is -2.04. The van der Waals surface area contributed by atoms with Gasteiger partial charge in [-0.1, -0.05) is 0 Å². The van der Waals surface area contributed by atoms with Crippen molar-refractivity contribution in [2.45, 2.75) is 12.8 Å². The van der Waals surface area contributed by atoms with Crippen molar-refractivity contribution in [1.82, 2.24) is 0 Å². The van der Waals surface area contributed by atoms with Gasteiger partial charge in [0.05, 0.1) is 28.4 Å². The highest BCUT2D eigenvalue weighted by Gasteiger charge is 2.15. The molecule has 0 N–H and O–H groups in total. The summed E-state index contributed by atoms with van der Waals surface area (Å²) < 4.78 is 21.2. The van der Waals surface area contributed by atoms with Crippen molar-refractivity contribution in [1.29, 1.82) is 0 Å². The third-order valence-corrected chi connectivity index (χ3v) is 3.83. The molecule has 0 amide bonds. The summed E-state index contributed by atoms with van der Waals surface area (Å²) in [5.41, 5.74) is 1.50. The lowest BCUT2D eigenvalue weighted by Gasteiger charge is -2.15. The van der Waals surface area contributed by atoms with Gasteiger partial charge in [-0.2, -0.15) is 0 Å². The highest BCUT2D eigenvalue weighted by atomic mass is 16.5. The number of carbonyl (C=O) groups is 1. The van der Waals surface area contributed by atoms with Gasteiger partial charge in [0.2, 0.25) is 0 Å². The smallest absolute Gasteiger partial charge is 0.163 e. The van der Waals surface area contributed by atoms with E-state index in [0.717, 1.165) is 11.3 Å². The van der Waals surface area contributed by atoms with E-state index in [-0.39, 0.29) is 5.78 Å². The van der Waals surface area contributed by atoms with Gasteiger partial charge in [-0.25, -0.2) is 0 Å². The molecule has 2 rings (SSSR count). The Morgan fingerprint density at radius 2 is 1.33 bits per heavy atom. The Kier molecular flexibility index (Phi) is 6.07. The van der Waals surface area contributed by atoms with Crippen LogP contribution in [0.15, 0.2) is 36.4 Å². The van der Waals surface area contributed by atoms with E-state index < -0.39 is 0 Å². The van der Waals surface area contributed by atoms with Crippen molar-refractivity contribution >= 4 is 5.78 Å². The summed E-state index contributed by atoms with van der Waals surface area (Å²) in [6.07, 6.45) is 0.868. The molecule has 0 aromatic heterocycles. The first kappa shape index (κ1) is 17.7. The number of hydrogen-bond donors (Lipinski definition) is 0. The fourth-order valence-electron chi connectivity index (χ4n) is 2.48. The molecule has 128 valence electrons. The zero-order chi connectivity index (χ0) is 17.5. The third kappa shape index (κ3) is 3.98. The Morgan fingerprint density at radius 3 is 1.79 bits per heavy atom. The van der Waals surface area contributed by atoms with Gasteiger partial charge in [-0.15, -0.1) is 0 Å². The summed E-state index contributed by atoms with van der Waals surface area (Å²) in [4.78, 5) is 12.4. The molecular weight excluding hydrogens is 308 g/mol. The van der Waals surface area contributed by atoms with Gasteiger partial charge >= 0.3 is 0 Å². The van der Waals surface area contributed by atoms with Crippen LogP contribution in [0.4, 0.5) is 0 Å². The molecule has 5 heteroatoms. The molecule has 0 unspecified atom stereocenters. The lowest BCUT2D eigenvalue weighted by atomic mass is 10.0. The number of rotatable bonds is 8. The summed E-state index contributed by atoms with van der Waals surface area (Å²) in [7, 11) is 6.35. The normalized spacial score (nSPS) is 10.2. The Morgan fingerprint density at radius 1 is 0.792 bits per heavy atom. The van der Waals surface area contributed by atoms with Crippen LogP contribution in [-0.4, -0.2) is 34.2 Å². The van der Waals surface area contributed by atoms with Crippen LogP contribution in [-0.2, 0) is 6.42 Å². The number of ether oxygens (including phenoxy) is 4. The summed E-state index contributed by atoms with van der Waals surface area (Å²) in [6.45, 7) is 0. The monoisotopic (exact) mass is 330 g/mol. The standard InChI is InChI=1S/C19H22O5/c1-21-14-7-5-13(6-8-14)17(20)10-9-16-18(23-3)11-15(22-2)12-19(16)24-4/h5-8,11-12H,9-10H2,1-4H3. The lowest BCUT2D eigenvalue weighted by molar-refractivity contribution is 0.0982. The summed E-state index contributed by atoms with van der Waals surface area (Å²) in [6, 6.07) is 10.7. The first-order valence-corrected chi connectivity index (χ1v) is 7.59. The number of benzene rings is 2. The molecule has 0 aliphatic heterocycles. The molecule has 24 heavy (non-hydrogen) atoms. The number of methoxy groups -OCH3 is 4. The van der Waals surface area contributed by atoms with Crippen LogP contribution in [0.5, 0.6) is 23.0 Å². The van der Waals surface area contributed by atoms with Crippen LogP contribution in [0.25, 0.3) is 0 Å². The Bertz CT molecular complexity index is 666. The zero-order valence-electron chi connectivity index (χ0n) is 14.4. The Labute approximate surface area is 142 Å². The van der Waals surface area contributed by atoms with Crippen molar-refractivity contribution in [3.8, 4) is 23.0 Å². The largest absolute Gasteiger partial charge is 0.497 e. The summed E-state index contributed by atoms with van der Waals surface area (Å²) in [5, 5.41) is 0. The average Bonchev–Trinajstić information content (AvgIpc) is 2.65. The first-order chi connectivity index (χ1) is 11.6. The molecule has 5 nitrogen and oxygen atoms in total. The van der Waals surface area contributed by atoms with E-state index in [0.29, 0.717) is 35.7 Å². The molecule has 0 saturated carbocycles. The SMILES string of the molecule is COc1ccc(C(=O)CCc2c(OC)cc(OC)cc2OC)cc1. The van der Waals surface area contributed by atoms with Gasteiger partial charge < -0.3 is 18.9 Å². The maximum absolute atomic E-state index is 12.4. The number of hydrogen-bond acceptors (Lipinski definition) is 5. The fourth-order valence-corrected chi connectivity index (χ4v) is 2.48. The van der Waals surface area contributed by atoms with Crippen molar-refractivity contribution in [3.05, 3.63) is 47.5 Å². The van der Waals surface area contributed by atoms with Crippen LogP contribution in [0.1, 0.15) is 22.3 Å². The van der Waals surface area contributed by atoms with Crippen LogP contribution in [0.2, 0.25) is 0 Å². The van der Waals surface area contributed by atoms with Gasteiger partial charge in [0.15, 0.2) is 5.78 Å². The molecule has 0 fully saturated rings. The number of Topliss-reactive ketones (excluding diaryl/α,β-unsaturated/α-hetero) is 1. The van der Waals surface area contributed by atoms with Crippen LogP contribution < -0.4 is 18.9 Å². The second kappa shape index (κ2) is 8.24. The minimum Gasteiger partial charge on any atom is -0.497 e. The van der Waals surface area contributed by atoms with Gasteiger partial charge in [0, 0.05) is 29.7 Å². The molecule has 0 bridgehead atoms. The van der Waals surface area contributed by atoms with E-state index >= 15 is 0 Å². The van der Waals surface area contributed by atoms with Crippen molar-refractivity contribution in [3.63, 3.8) is 0 Å². The zero-order valence-corrected chi connectivity index (χ0v) is 14.4. The molecule has 0 aliphatic rings. The van der Waals surface area contributed by atoms with Crippen LogP contribution >= 0.6 is 0 Å². The Balaban J connectivity index is 2.16. The first-order valence-electron chi connectivity index (χ1n) is 7.59. The third-order valence-electron chi connectivity index (χ3n) is 3.83. The van der Waals surface area contributed by atoms with Crippen molar-refractivity contribution < 1.29 is 23.7 Å². The van der Waals surface area contributed by atoms with Gasteiger partial charge in [-0.05, 0) is 30.7 Å². The summed E-state index contributed by atoms with van der Waals surface area (Å²) >= 11 is 0. The predicted octanol–water partition coefficient (Wildman–Crippen LogP) is 3.54. The van der Waals surface area contributed by atoms with E-state index in [9.17, 15) is 4.79 Å². The molecule has 2 aromatic rings. The highest BCUT2D eigenvalue weighted by Crippen LogP contribution is 2.35. The fraction of sp³-hybridized carbons (Fsp3) is 0.316. The topological polar surface area (TPSA) is 54.0 Å². The molecule has 0 spiro atoms. The predicted molar refractivity (Wildman–Crippen MR) is 91.7 cm³/mol. The quantitative estimate of drug-likeness (QED) is 0.693. The van der Waals surface area contributed by atoms with Crippen molar-refractivity contribution in [2.24, 2.45) is 0 Å². The molecule has 0 heterocycles. The molecule has 0 atom stereocenters. The molecule has 0 aliphatic carbocycles. The van der Waals surface area contributed by atoms with Crippen LogP contribution in [0.3, 0.4) is 0 Å². The van der Waals surface area contributed by atoms with E-state index in [1.54, 1.807) is 64.8 Å². The Hall–Kier alpha value is -2.69. The number of carbonyl (C=O) groups excluding carboxylic acids is 1. The second-order valence-electron chi connectivity index (χ2n) is 5.16.